The molecule has 3 heteroatoms. The highest BCUT2D eigenvalue weighted by Gasteiger charge is 2.39. The quantitative estimate of drug-likeness (QED) is 0.668. The third-order valence-electron chi connectivity index (χ3n) is 2.84. The number of hydrogen-bond acceptors (Lipinski definition) is 2. The minimum absolute atomic E-state index is 0.218. The lowest BCUT2D eigenvalue weighted by Crippen LogP contribution is -1.91. The van der Waals surface area contributed by atoms with Gasteiger partial charge in [-0.05, 0) is 18.6 Å². The maximum absolute atomic E-state index is 10.6. The molecule has 0 spiro atoms. The summed E-state index contributed by atoms with van der Waals surface area (Å²) in [5, 5.41) is 0. The summed E-state index contributed by atoms with van der Waals surface area (Å²) in [4.78, 5) is 14.9. The van der Waals surface area contributed by atoms with Gasteiger partial charge in [0, 0.05) is 29.9 Å². The van der Waals surface area contributed by atoms with Crippen LogP contribution in [0.2, 0.25) is 0 Å². The van der Waals surface area contributed by atoms with E-state index in [9.17, 15) is 4.79 Å². The fourth-order valence-electron chi connectivity index (χ4n) is 1.93. The molecular formula is C11H10N2O. The van der Waals surface area contributed by atoms with Crippen molar-refractivity contribution in [1.82, 2.24) is 9.38 Å². The number of imidazole rings is 1. The molecule has 0 amide bonds. The maximum Gasteiger partial charge on any atom is 0.136 e. The molecule has 3 nitrogen and oxygen atoms in total. The van der Waals surface area contributed by atoms with Crippen molar-refractivity contribution in [3.63, 3.8) is 0 Å². The van der Waals surface area contributed by atoms with Crippen molar-refractivity contribution in [3.05, 3.63) is 36.3 Å². The maximum atomic E-state index is 10.6. The lowest BCUT2D eigenvalue weighted by molar-refractivity contribution is -0.108. The van der Waals surface area contributed by atoms with Crippen LogP contribution in [0.3, 0.4) is 0 Å². The Balaban J connectivity index is 2.10. The number of hydrogen-bond donors (Lipinski definition) is 0. The van der Waals surface area contributed by atoms with E-state index in [1.54, 1.807) is 0 Å². The van der Waals surface area contributed by atoms with Crippen LogP contribution < -0.4 is 0 Å². The van der Waals surface area contributed by atoms with Crippen LogP contribution in [0.25, 0.3) is 5.65 Å². The van der Waals surface area contributed by atoms with Crippen molar-refractivity contribution in [3.8, 4) is 0 Å². The Hall–Kier alpha value is -1.64. The molecule has 2 unspecified atom stereocenters. The highest BCUT2D eigenvalue weighted by molar-refractivity contribution is 5.61. The zero-order valence-electron chi connectivity index (χ0n) is 7.63. The van der Waals surface area contributed by atoms with E-state index in [1.165, 1.54) is 0 Å². The van der Waals surface area contributed by atoms with Crippen LogP contribution >= 0.6 is 0 Å². The second-order valence-electron chi connectivity index (χ2n) is 3.75. The molecule has 1 aliphatic carbocycles. The SMILES string of the molecule is O=CC1CC1c1cnc2ccccn12. The average Bonchev–Trinajstić information content (AvgIpc) is 2.90. The topological polar surface area (TPSA) is 34.4 Å². The Morgan fingerprint density at radius 3 is 3.21 bits per heavy atom. The van der Waals surface area contributed by atoms with E-state index in [2.05, 4.69) is 9.38 Å². The van der Waals surface area contributed by atoms with Crippen LogP contribution in [-0.2, 0) is 4.79 Å². The number of fused-ring (bicyclic) bond motifs is 1. The van der Waals surface area contributed by atoms with E-state index >= 15 is 0 Å². The second-order valence-corrected chi connectivity index (χ2v) is 3.75. The van der Waals surface area contributed by atoms with Crippen molar-refractivity contribution >= 4 is 11.9 Å². The monoisotopic (exact) mass is 186 g/mol. The third-order valence-corrected chi connectivity index (χ3v) is 2.84. The number of carbonyl (C=O) groups is 1. The Kier molecular flexibility index (Phi) is 1.48. The summed E-state index contributed by atoms with van der Waals surface area (Å²) in [6.07, 6.45) is 5.90. The van der Waals surface area contributed by atoms with Crippen LogP contribution in [0.1, 0.15) is 18.0 Å². The predicted octanol–water partition coefficient (Wildman–Crippen LogP) is 1.64. The third kappa shape index (κ3) is 0.985. The number of carbonyl (C=O) groups excluding carboxylic acids is 1. The largest absolute Gasteiger partial charge is 0.304 e. The van der Waals surface area contributed by atoms with E-state index in [4.69, 9.17) is 0 Å². The average molecular weight is 186 g/mol. The van der Waals surface area contributed by atoms with E-state index in [1.807, 2.05) is 30.6 Å². The van der Waals surface area contributed by atoms with Gasteiger partial charge in [0.25, 0.3) is 0 Å². The molecule has 0 saturated heterocycles. The summed E-state index contributed by atoms with van der Waals surface area (Å²) in [6.45, 7) is 0. The van der Waals surface area contributed by atoms with Crippen LogP contribution in [0.5, 0.6) is 0 Å². The molecule has 2 atom stereocenters. The normalized spacial score (nSPS) is 25.1. The molecule has 70 valence electrons. The van der Waals surface area contributed by atoms with Gasteiger partial charge in [-0.2, -0.15) is 0 Å². The van der Waals surface area contributed by atoms with Gasteiger partial charge in [-0.15, -0.1) is 0 Å². The van der Waals surface area contributed by atoms with E-state index in [0.717, 1.165) is 24.0 Å². The molecule has 1 saturated carbocycles. The van der Waals surface area contributed by atoms with Gasteiger partial charge in [-0.3, -0.25) is 0 Å². The minimum atomic E-state index is 0.218. The molecule has 1 fully saturated rings. The van der Waals surface area contributed by atoms with Crippen molar-refractivity contribution in [2.45, 2.75) is 12.3 Å². The molecular weight excluding hydrogens is 176 g/mol. The molecule has 0 N–H and O–H groups in total. The predicted molar refractivity (Wildman–Crippen MR) is 52.1 cm³/mol. The second kappa shape index (κ2) is 2.67. The lowest BCUT2D eigenvalue weighted by Gasteiger charge is -1.97. The molecule has 0 radical (unpaired) electrons. The number of pyridine rings is 1. The summed E-state index contributed by atoms with van der Waals surface area (Å²) in [5.41, 5.74) is 2.12. The van der Waals surface area contributed by atoms with Gasteiger partial charge < -0.3 is 9.20 Å². The first-order chi connectivity index (χ1) is 6.90. The first-order valence-electron chi connectivity index (χ1n) is 4.77. The first-order valence-corrected chi connectivity index (χ1v) is 4.77. The highest BCUT2D eigenvalue weighted by Crippen LogP contribution is 2.45. The van der Waals surface area contributed by atoms with Crippen molar-refractivity contribution in [1.29, 1.82) is 0 Å². The number of rotatable bonds is 2. The van der Waals surface area contributed by atoms with Gasteiger partial charge >= 0.3 is 0 Å². The summed E-state index contributed by atoms with van der Waals surface area (Å²) in [6, 6.07) is 5.93. The number of aromatic nitrogens is 2. The Labute approximate surface area is 81.4 Å². The zero-order valence-corrected chi connectivity index (χ0v) is 7.63. The van der Waals surface area contributed by atoms with Gasteiger partial charge in [-0.1, -0.05) is 6.07 Å². The summed E-state index contributed by atoms with van der Waals surface area (Å²) in [5.74, 6) is 0.611. The molecule has 0 aromatic carbocycles. The molecule has 2 aromatic rings. The molecule has 0 bridgehead atoms. The number of aldehydes is 1. The molecule has 0 aliphatic heterocycles. The Morgan fingerprint density at radius 1 is 1.50 bits per heavy atom. The van der Waals surface area contributed by atoms with Crippen LogP contribution in [0, 0.1) is 5.92 Å². The van der Waals surface area contributed by atoms with Crippen molar-refractivity contribution < 1.29 is 4.79 Å². The lowest BCUT2D eigenvalue weighted by atomic mass is 10.2. The van der Waals surface area contributed by atoms with Crippen molar-refractivity contribution in [2.24, 2.45) is 5.92 Å². The molecule has 2 aromatic heterocycles. The fourth-order valence-corrected chi connectivity index (χ4v) is 1.93. The Bertz CT molecular complexity index is 489. The zero-order chi connectivity index (χ0) is 9.54. The van der Waals surface area contributed by atoms with Crippen LogP contribution in [0.4, 0.5) is 0 Å². The molecule has 3 rings (SSSR count). The van der Waals surface area contributed by atoms with E-state index in [-0.39, 0.29) is 5.92 Å². The van der Waals surface area contributed by atoms with Gasteiger partial charge in [-0.25, -0.2) is 4.98 Å². The smallest absolute Gasteiger partial charge is 0.136 e. The van der Waals surface area contributed by atoms with E-state index in [0.29, 0.717) is 5.92 Å². The minimum Gasteiger partial charge on any atom is -0.304 e. The molecule has 1 aliphatic rings. The van der Waals surface area contributed by atoms with Crippen LogP contribution in [-0.4, -0.2) is 15.7 Å². The van der Waals surface area contributed by atoms with Gasteiger partial charge in [0.2, 0.25) is 0 Å². The van der Waals surface area contributed by atoms with E-state index < -0.39 is 0 Å². The summed E-state index contributed by atoms with van der Waals surface area (Å²) >= 11 is 0. The standard InChI is InChI=1S/C11H10N2O/c14-7-8-5-9(8)10-6-12-11-3-1-2-4-13(10)11/h1-4,6-9H,5H2. The van der Waals surface area contributed by atoms with Gasteiger partial charge in [0.05, 0.1) is 0 Å². The van der Waals surface area contributed by atoms with Crippen molar-refractivity contribution in [2.75, 3.05) is 0 Å². The van der Waals surface area contributed by atoms with Gasteiger partial charge in [0.1, 0.15) is 11.9 Å². The first kappa shape index (κ1) is 7.74. The molecule has 14 heavy (non-hydrogen) atoms. The summed E-state index contributed by atoms with van der Waals surface area (Å²) < 4.78 is 2.06. The van der Waals surface area contributed by atoms with Gasteiger partial charge in [0.15, 0.2) is 0 Å². The van der Waals surface area contributed by atoms with Crippen LogP contribution in [0.15, 0.2) is 30.6 Å². The fraction of sp³-hybridized carbons (Fsp3) is 0.273. The molecule has 2 heterocycles. The number of nitrogens with zero attached hydrogens (tertiary/aromatic N) is 2. The Morgan fingerprint density at radius 2 is 2.43 bits per heavy atom. The summed E-state index contributed by atoms with van der Waals surface area (Å²) in [7, 11) is 0. The highest BCUT2D eigenvalue weighted by atomic mass is 16.1.